The first-order valence-electron chi connectivity index (χ1n) is 7.12. The highest BCUT2D eigenvalue weighted by molar-refractivity contribution is 6.30. The normalized spacial score (nSPS) is 25.3. The molecule has 3 heteroatoms. The second-order valence-corrected chi connectivity index (χ2v) is 5.86. The number of nitrogens with zero attached hydrogens (tertiary/aromatic N) is 1. The van der Waals surface area contributed by atoms with Crippen LogP contribution < -0.4 is 5.32 Å². The van der Waals surface area contributed by atoms with E-state index in [0.29, 0.717) is 6.04 Å². The fraction of sp³-hybridized carbons (Fsp3) is 0.562. The van der Waals surface area contributed by atoms with Crippen molar-refractivity contribution in [3.05, 3.63) is 34.9 Å². The molecule has 0 saturated heterocycles. The number of nitrogens with one attached hydrogen (secondary N) is 1. The van der Waals surface area contributed by atoms with E-state index in [1.807, 2.05) is 12.1 Å². The average Bonchev–Trinajstić information content (AvgIpc) is 2.64. The van der Waals surface area contributed by atoms with Crippen molar-refractivity contribution in [3.63, 3.8) is 0 Å². The van der Waals surface area contributed by atoms with Crippen LogP contribution in [0.15, 0.2) is 24.3 Å². The van der Waals surface area contributed by atoms with E-state index in [1.54, 1.807) is 0 Å². The highest BCUT2D eigenvalue weighted by Gasteiger charge is 2.24. The van der Waals surface area contributed by atoms with E-state index in [0.717, 1.165) is 17.9 Å². The van der Waals surface area contributed by atoms with E-state index in [4.69, 9.17) is 11.6 Å². The lowest BCUT2D eigenvalue weighted by Gasteiger charge is -2.25. The van der Waals surface area contributed by atoms with Gasteiger partial charge in [0.05, 0.1) is 12.0 Å². The zero-order chi connectivity index (χ0) is 13.7. The third-order valence-corrected chi connectivity index (χ3v) is 4.27. The fourth-order valence-corrected chi connectivity index (χ4v) is 2.96. The van der Waals surface area contributed by atoms with Crippen molar-refractivity contribution in [2.24, 2.45) is 5.92 Å². The van der Waals surface area contributed by atoms with Crippen molar-refractivity contribution in [1.82, 2.24) is 5.32 Å². The quantitative estimate of drug-likeness (QED) is 0.827. The molecule has 0 radical (unpaired) electrons. The number of hydrogen-bond donors (Lipinski definition) is 1. The summed E-state index contributed by atoms with van der Waals surface area (Å²) < 4.78 is 0. The molecule has 0 aliphatic heterocycles. The zero-order valence-electron chi connectivity index (χ0n) is 11.4. The summed E-state index contributed by atoms with van der Waals surface area (Å²) in [6.07, 6.45) is 5.80. The van der Waals surface area contributed by atoms with Gasteiger partial charge in [-0.3, -0.25) is 0 Å². The smallest absolute Gasteiger partial charge is 0.0672 e. The van der Waals surface area contributed by atoms with Gasteiger partial charge in [0.15, 0.2) is 0 Å². The van der Waals surface area contributed by atoms with Crippen LogP contribution in [0.25, 0.3) is 0 Å². The van der Waals surface area contributed by atoms with Gasteiger partial charge >= 0.3 is 0 Å². The topological polar surface area (TPSA) is 35.8 Å². The Morgan fingerprint density at radius 1 is 1.21 bits per heavy atom. The van der Waals surface area contributed by atoms with E-state index < -0.39 is 0 Å². The highest BCUT2D eigenvalue weighted by Crippen LogP contribution is 2.25. The van der Waals surface area contributed by atoms with E-state index in [-0.39, 0.29) is 12.0 Å². The zero-order valence-corrected chi connectivity index (χ0v) is 12.2. The molecule has 1 aliphatic rings. The number of rotatable bonds is 3. The van der Waals surface area contributed by atoms with Crippen LogP contribution in [0.3, 0.4) is 0 Å². The molecule has 1 N–H and O–H groups in total. The molecule has 0 bridgehead atoms. The minimum atomic E-state index is 0.150. The summed E-state index contributed by atoms with van der Waals surface area (Å²) in [6.45, 7) is 2.16. The van der Waals surface area contributed by atoms with Gasteiger partial charge in [-0.2, -0.15) is 5.26 Å². The summed E-state index contributed by atoms with van der Waals surface area (Å²) in [7, 11) is 0. The number of benzene rings is 1. The molecule has 2 rings (SSSR count). The Hall–Kier alpha value is -1.04. The number of hydrogen-bond acceptors (Lipinski definition) is 2. The van der Waals surface area contributed by atoms with Crippen LogP contribution in [-0.2, 0) is 0 Å². The van der Waals surface area contributed by atoms with Crippen molar-refractivity contribution in [2.45, 2.75) is 51.1 Å². The molecule has 3 atom stereocenters. The van der Waals surface area contributed by atoms with Crippen LogP contribution in [0.2, 0.25) is 5.02 Å². The predicted octanol–water partition coefficient (Wildman–Crippen LogP) is 4.46. The van der Waals surface area contributed by atoms with Crippen LogP contribution >= 0.6 is 11.6 Å². The van der Waals surface area contributed by atoms with Gasteiger partial charge in [0.1, 0.15) is 0 Å². The molecule has 1 saturated carbocycles. The molecule has 19 heavy (non-hydrogen) atoms. The maximum absolute atomic E-state index is 9.30. The lowest BCUT2D eigenvalue weighted by molar-refractivity contribution is 0.361. The summed E-state index contributed by atoms with van der Waals surface area (Å²) in [5.74, 6) is 0.150. The maximum atomic E-state index is 9.30. The minimum absolute atomic E-state index is 0.150. The first kappa shape index (κ1) is 14.4. The Kier molecular flexibility index (Phi) is 5.24. The van der Waals surface area contributed by atoms with Crippen LogP contribution in [0, 0.1) is 17.2 Å². The van der Waals surface area contributed by atoms with Gasteiger partial charge in [-0.25, -0.2) is 0 Å². The first-order chi connectivity index (χ1) is 9.20. The Morgan fingerprint density at radius 3 is 2.58 bits per heavy atom. The molecule has 0 amide bonds. The molecule has 3 unspecified atom stereocenters. The van der Waals surface area contributed by atoms with Gasteiger partial charge in [0.2, 0.25) is 0 Å². The molecule has 1 fully saturated rings. The molecule has 0 heterocycles. The third kappa shape index (κ3) is 3.96. The molecule has 0 spiro atoms. The highest BCUT2D eigenvalue weighted by atomic mass is 35.5. The monoisotopic (exact) mass is 276 g/mol. The third-order valence-electron chi connectivity index (χ3n) is 4.02. The van der Waals surface area contributed by atoms with Gasteiger partial charge in [0.25, 0.3) is 0 Å². The molecule has 1 aliphatic carbocycles. The predicted molar refractivity (Wildman–Crippen MR) is 79.0 cm³/mol. The van der Waals surface area contributed by atoms with Crippen molar-refractivity contribution >= 4 is 11.6 Å². The second kappa shape index (κ2) is 6.93. The van der Waals surface area contributed by atoms with Gasteiger partial charge < -0.3 is 5.32 Å². The molecule has 1 aromatic carbocycles. The molecule has 1 aromatic rings. The SMILES string of the molecule is CC(NC1CCCCCC1C#N)c1ccc(Cl)cc1. The van der Waals surface area contributed by atoms with E-state index >= 15 is 0 Å². The largest absolute Gasteiger partial charge is 0.306 e. The molecule has 102 valence electrons. The van der Waals surface area contributed by atoms with Gasteiger partial charge in [-0.15, -0.1) is 0 Å². The van der Waals surface area contributed by atoms with Crippen molar-refractivity contribution in [1.29, 1.82) is 5.26 Å². The minimum Gasteiger partial charge on any atom is -0.306 e. The van der Waals surface area contributed by atoms with Crippen molar-refractivity contribution in [2.75, 3.05) is 0 Å². The Balaban J connectivity index is 2.02. The Morgan fingerprint density at radius 2 is 1.89 bits per heavy atom. The summed E-state index contributed by atoms with van der Waals surface area (Å²) in [4.78, 5) is 0. The molecule has 0 aromatic heterocycles. The average molecular weight is 277 g/mol. The summed E-state index contributed by atoms with van der Waals surface area (Å²) >= 11 is 5.91. The van der Waals surface area contributed by atoms with Crippen LogP contribution in [0.4, 0.5) is 0 Å². The second-order valence-electron chi connectivity index (χ2n) is 5.42. The maximum Gasteiger partial charge on any atom is 0.0672 e. The summed E-state index contributed by atoms with van der Waals surface area (Å²) in [6, 6.07) is 11.0. The Labute approximate surface area is 120 Å². The van der Waals surface area contributed by atoms with Crippen LogP contribution in [0.5, 0.6) is 0 Å². The molecular formula is C16H21ClN2. The Bertz CT molecular complexity index is 435. The number of nitriles is 1. The van der Waals surface area contributed by atoms with Crippen molar-refractivity contribution in [3.8, 4) is 6.07 Å². The lowest BCUT2D eigenvalue weighted by Crippen LogP contribution is -2.36. The van der Waals surface area contributed by atoms with E-state index in [9.17, 15) is 5.26 Å². The summed E-state index contributed by atoms with van der Waals surface area (Å²) in [5, 5.41) is 13.7. The van der Waals surface area contributed by atoms with Gasteiger partial charge in [-0.05, 0) is 37.5 Å². The van der Waals surface area contributed by atoms with Gasteiger partial charge in [0, 0.05) is 17.1 Å². The van der Waals surface area contributed by atoms with E-state index in [1.165, 1.54) is 24.8 Å². The molecular weight excluding hydrogens is 256 g/mol. The number of halogens is 1. The van der Waals surface area contributed by atoms with Crippen molar-refractivity contribution < 1.29 is 0 Å². The first-order valence-corrected chi connectivity index (χ1v) is 7.49. The standard InChI is InChI=1S/C16H21ClN2/c1-12(13-7-9-15(17)10-8-13)19-16-6-4-2-3-5-14(16)11-18/h7-10,12,14,16,19H,2-6H2,1H3. The van der Waals surface area contributed by atoms with E-state index in [2.05, 4.69) is 30.4 Å². The fourth-order valence-electron chi connectivity index (χ4n) is 2.83. The van der Waals surface area contributed by atoms with Crippen LogP contribution in [-0.4, -0.2) is 6.04 Å². The van der Waals surface area contributed by atoms with Gasteiger partial charge in [-0.1, -0.05) is 43.0 Å². The lowest BCUT2D eigenvalue weighted by atomic mass is 9.95. The van der Waals surface area contributed by atoms with Crippen LogP contribution in [0.1, 0.15) is 50.6 Å². The molecule has 2 nitrogen and oxygen atoms in total. The summed E-state index contributed by atoms with van der Waals surface area (Å²) in [5.41, 5.74) is 1.23.